The molecule has 0 fully saturated rings. The van der Waals surface area contributed by atoms with Crippen LogP contribution in [0.2, 0.25) is 0 Å². The molecule has 1 atom stereocenters. The molecule has 0 radical (unpaired) electrons. The lowest BCUT2D eigenvalue weighted by Gasteiger charge is -2.13. The van der Waals surface area contributed by atoms with Gasteiger partial charge in [-0.1, -0.05) is 6.92 Å². The fraction of sp³-hybridized carbons (Fsp3) is 0.800. The Bertz CT molecular complexity index is 280. The SMILES string of the molecule is CCCNCC(C)n1nc(C)nc1C. The van der Waals surface area contributed by atoms with E-state index in [-0.39, 0.29) is 0 Å². The van der Waals surface area contributed by atoms with Gasteiger partial charge in [0.15, 0.2) is 0 Å². The summed E-state index contributed by atoms with van der Waals surface area (Å²) >= 11 is 0. The number of rotatable bonds is 5. The summed E-state index contributed by atoms with van der Waals surface area (Å²) in [6.07, 6.45) is 1.17. The van der Waals surface area contributed by atoms with Crippen molar-refractivity contribution in [1.29, 1.82) is 0 Å². The van der Waals surface area contributed by atoms with Crippen LogP contribution in [-0.4, -0.2) is 27.9 Å². The molecule has 14 heavy (non-hydrogen) atoms. The van der Waals surface area contributed by atoms with Crippen LogP contribution in [0.1, 0.15) is 38.0 Å². The Morgan fingerprint density at radius 3 is 2.64 bits per heavy atom. The molecule has 4 nitrogen and oxygen atoms in total. The standard InChI is InChI=1S/C10H20N4/c1-5-6-11-7-8(2)14-10(4)12-9(3)13-14/h8,11H,5-7H2,1-4H3. The highest BCUT2D eigenvalue weighted by molar-refractivity contribution is 4.89. The van der Waals surface area contributed by atoms with Gasteiger partial charge in [0.1, 0.15) is 11.6 Å². The smallest absolute Gasteiger partial charge is 0.147 e. The van der Waals surface area contributed by atoms with Crippen molar-refractivity contribution >= 4 is 0 Å². The molecule has 4 heteroatoms. The third kappa shape index (κ3) is 2.80. The third-order valence-corrected chi connectivity index (χ3v) is 2.19. The summed E-state index contributed by atoms with van der Waals surface area (Å²) in [5, 5.41) is 7.74. The fourth-order valence-electron chi connectivity index (χ4n) is 1.53. The van der Waals surface area contributed by atoms with Crippen LogP contribution in [0.5, 0.6) is 0 Å². The molecule has 0 saturated carbocycles. The van der Waals surface area contributed by atoms with Crippen molar-refractivity contribution in [3.8, 4) is 0 Å². The van der Waals surface area contributed by atoms with Gasteiger partial charge >= 0.3 is 0 Å². The lowest BCUT2D eigenvalue weighted by Crippen LogP contribution is -2.25. The second kappa shape index (κ2) is 5.10. The minimum atomic E-state index is 0.378. The summed E-state index contributed by atoms with van der Waals surface area (Å²) in [7, 11) is 0. The maximum atomic E-state index is 4.35. The maximum absolute atomic E-state index is 4.35. The molecule has 0 aliphatic heterocycles. The van der Waals surface area contributed by atoms with Gasteiger partial charge in [0, 0.05) is 6.54 Å². The third-order valence-electron chi connectivity index (χ3n) is 2.19. The van der Waals surface area contributed by atoms with Crippen LogP contribution < -0.4 is 5.32 Å². The van der Waals surface area contributed by atoms with Crippen molar-refractivity contribution in [3.05, 3.63) is 11.6 Å². The molecule has 0 aliphatic carbocycles. The van der Waals surface area contributed by atoms with Gasteiger partial charge in [-0.05, 0) is 33.7 Å². The minimum absolute atomic E-state index is 0.378. The first-order chi connectivity index (χ1) is 6.65. The normalized spacial score (nSPS) is 13.1. The summed E-state index contributed by atoms with van der Waals surface area (Å²) in [6.45, 7) is 10.3. The highest BCUT2D eigenvalue weighted by atomic mass is 15.4. The highest BCUT2D eigenvalue weighted by Crippen LogP contribution is 2.06. The maximum Gasteiger partial charge on any atom is 0.147 e. The lowest BCUT2D eigenvalue weighted by molar-refractivity contribution is 0.443. The number of aryl methyl sites for hydroxylation is 2. The van der Waals surface area contributed by atoms with Crippen LogP contribution in [0, 0.1) is 13.8 Å². The van der Waals surface area contributed by atoms with Crippen molar-refractivity contribution in [2.75, 3.05) is 13.1 Å². The molecule has 0 aromatic carbocycles. The molecular weight excluding hydrogens is 176 g/mol. The van der Waals surface area contributed by atoms with Crippen LogP contribution in [0.4, 0.5) is 0 Å². The van der Waals surface area contributed by atoms with Crippen LogP contribution in [0.25, 0.3) is 0 Å². The Morgan fingerprint density at radius 1 is 1.43 bits per heavy atom. The van der Waals surface area contributed by atoms with Gasteiger partial charge in [-0.25, -0.2) is 9.67 Å². The van der Waals surface area contributed by atoms with Crippen LogP contribution >= 0.6 is 0 Å². The van der Waals surface area contributed by atoms with Gasteiger partial charge in [-0.15, -0.1) is 0 Å². The minimum Gasteiger partial charge on any atom is -0.315 e. The van der Waals surface area contributed by atoms with Crippen LogP contribution in [0.3, 0.4) is 0 Å². The van der Waals surface area contributed by atoms with E-state index in [0.717, 1.165) is 24.7 Å². The van der Waals surface area contributed by atoms with Crippen molar-refractivity contribution in [1.82, 2.24) is 20.1 Å². The summed E-state index contributed by atoms with van der Waals surface area (Å²) in [6, 6.07) is 0.378. The zero-order valence-electron chi connectivity index (χ0n) is 9.54. The highest BCUT2D eigenvalue weighted by Gasteiger charge is 2.09. The van der Waals surface area contributed by atoms with Gasteiger partial charge < -0.3 is 5.32 Å². The zero-order chi connectivity index (χ0) is 10.6. The van der Waals surface area contributed by atoms with Gasteiger partial charge in [0.2, 0.25) is 0 Å². The first-order valence-corrected chi connectivity index (χ1v) is 5.25. The average Bonchev–Trinajstić information content (AvgIpc) is 2.45. The summed E-state index contributed by atoms with van der Waals surface area (Å²) < 4.78 is 1.98. The molecule has 1 aromatic rings. The second-order valence-electron chi connectivity index (χ2n) is 3.70. The van der Waals surface area contributed by atoms with Crippen molar-refractivity contribution < 1.29 is 0 Å². The first-order valence-electron chi connectivity index (χ1n) is 5.25. The van der Waals surface area contributed by atoms with E-state index in [0.29, 0.717) is 6.04 Å². The van der Waals surface area contributed by atoms with Gasteiger partial charge in [-0.3, -0.25) is 0 Å². The molecule has 80 valence electrons. The van der Waals surface area contributed by atoms with E-state index in [4.69, 9.17) is 0 Å². The lowest BCUT2D eigenvalue weighted by atomic mass is 10.3. The Labute approximate surface area is 85.7 Å². The van der Waals surface area contributed by atoms with E-state index in [2.05, 4.69) is 29.2 Å². The van der Waals surface area contributed by atoms with E-state index in [9.17, 15) is 0 Å². The first kappa shape index (κ1) is 11.2. The van der Waals surface area contributed by atoms with Gasteiger partial charge in [0.05, 0.1) is 6.04 Å². The molecule has 0 spiro atoms. The predicted octanol–water partition coefficient (Wildman–Crippen LogP) is 1.46. The monoisotopic (exact) mass is 196 g/mol. The van der Waals surface area contributed by atoms with Crippen LogP contribution in [-0.2, 0) is 0 Å². The molecule has 0 amide bonds. The van der Waals surface area contributed by atoms with E-state index in [1.807, 2.05) is 18.5 Å². The Morgan fingerprint density at radius 2 is 2.14 bits per heavy atom. The average molecular weight is 196 g/mol. The molecule has 1 rings (SSSR count). The molecule has 0 bridgehead atoms. The zero-order valence-corrected chi connectivity index (χ0v) is 9.54. The number of hydrogen-bond acceptors (Lipinski definition) is 3. The second-order valence-corrected chi connectivity index (χ2v) is 3.70. The Hall–Kier alpha value is -0.900. The number of nitrogens with one attached hydrogen (secondary N) is 1. The molecule has 0 aliphatic rings. The molecule has 1 heterocycles. The Kier molecular flexibility index (Phi) is 4.07. The topological polar surface area (TPSA) is 42.7 Å². The Balaban J connectivity index is 2.51. The van der Waals surface area contributed by atoms with Gasteiger partial charge in [0.25, 0.3) is 0 Å². The molecule has 1 aromatic heterocycles. The molecular formula is C10H20N4. The number of aromatic nitrogens is 3. The largest absolute Gasteiger partial charge is 0.315 e. The van der Waals surface area contributed by atoms with E-state index in [1.54, 1.807) is 0 Å². The molecule has 0 saturated heterocycles. The quantitative estimate of drug-likeness (QED) is 0.725. The van der Waals surface area contributed by atoms with E-state index in [1.165, 1.54) is 6.42 Å². The summed E-state index contributed by atoms with van der Waals surface area (Å²) in [5.74, 6) is 1.85. The number of nitrogens with zero attached hydrogens (tertiary/aromatic N) is 3. The van der Waals surface area contributed by atoms with E-state index < -0.39 is 0 Å². The van der Waals surface area contributed by atoms with Crippen molar-refractivity contribution in [2.45, 2.75) is 40.2 Å². The van der Waals surface area contributed by atoms with Crippen LogP contribution in [0.15, 0.2) is 0 Å². The van der Waals surface area contributed by atoms with E-state index >= 15 is 0 Å². The van der Waals surface area contributed by atoms with Crippen molar-refractivity contribution in [3.63, 3.8) is 0 Å². The summed E-state index contributed by atoms with van der Waals surface area (Å²) in [5.41, 5.74) is 0. The molecule has 1 unspecified atom stereocenters. The van der Waals surface area contributed by atoms with Gasteiger partial charge in [-0.2, -0.15) is 5.10 Å². The predicted molar refractivity (Wildman–Crippen MR) is 57.4 cm³/mol. The summed E-state index contributed by atoms with van der Waals surface area (Å²) in [4.78, 5) is 4.28. The fourth-order valence-corrected chi connectivity index (χ4v) is 1.53. The number of hydrogen-bond donors (Lipinski definition) is 1. The molecule has 1 N–H and O–H groups in total. The van der Waals surface area contributed by atoms with Crippen molar-refractivity contribution in [2.24, 2.45) is 0 Å².